The van der Waals surface area contributed by atoms with Crippen LogP contribution in [-0.2, 0) is 6.54 Å². The fourth-order valence-electron chi connectivity index (χ4n) is 2.15. The van der Waals surface area contributed by atoms with Gasteiger partial charge in [0.25, 0.3) is 5.91 Å². The normalized spacial score (nSPS) is 11.1. The van der Waals surface area contributed by atoms with Gasteiger partial charge in [0.05, 0.1) is 17.3 Å². The van der Waals surface area contributed by atoms with Gasteiger partial charge in [0, 0.05) is 15.9 Å². The average Bonchev–Trinajstić information content (AvgIpc) is 2.97. The first-order valence-electron chi connectivity index (χ1n) is 6.63. The number of nitrogens with one attached hydrogen (secondary N) is 2. The van der Waals surface area contributed by atoms with Gasteiger partial charge < -0.3 is 14.7 Å². The second kappa shape index (κ2) is 5.66. The van der Waals surface area contributed by atoms with Crippen LogP contribution < -0.4 is 5.32 Å². The third-order valence-corrected chi connectivity index (χ3v) is 4.02. The summed E-state index contributed by atoms with van der Waals surface area (Å²) in [5.41, 5.74) is 1.85. The van der Waals surface area contributed by atoms with Crippen molar-refractivity contribution in [2.45, 2.75) is 20.4 Å². The monoisotopic (exact) mass is 337 g/mol. The van der Waals surface area contributed by atoms with Crippen LogP contribution in [0.1, 0.15) is 27.8 Å². The lowest BCUT2D eigenvalue weighted by atomic mass is 10.2. The molecular formula is C15H13Cl2N3O2. The maximum absolute atomic E-state index is 12.3. The van der Waals surface area contributed by atoms with Crippen LogP contribution in [0.15, 0.2) is 22.6 Å². The number of aromatic nitrogens is 2. The van der Waals surface area contributed by atoms with Gasteiger partial charge in [-0.3, -0.25) is 4.79 Å². The van der Waals surface area contributed by atoms with Crippen LogP contribution >= 0.6 is 23.2 Å². The Hall–Kier alpha value is -1.98. The van der Waals surface area contributed by atoms with Crippen molar-refractivity contribution < 1.29 is 9.21 Å². The van der Waals surface area contributed by atoms with Gasteiger partial charge in [0.1, 0.15) is 11.5 Å². The number of oxazole rings is 1. The first-order chi connectivity index (χ1) is 10.5. The van der Waals surface area contributed by atoms with E-state index in [1.165, 1.54) is 0 Å². The fraction of sp³-hybridized carbons (Fsp3) is 0.200. The topological polar surface area (TPSA) is 70.9 Å². The molecule has 0 saturated heterocycles. The molecule has 0 saturated carbocycles. The number of carbonyl (C=O) groups is 1. The molecule has 0 spiro atoms. The predicted octanol–water partition coefficient (Wildman–Crippen LogP) is 4.01. The Morgan fingerprint density at radius 2 is 2.14 bits per heavy atom. The van der Waals surface area contributed by atoms with Gasteiger partial charge in [-0.2, -0.15) is 0 Å². The summed E-state index contributed by atoms with van der Waals surface area (Å²) in [6.07, 6.45) is 0. The largest absolute Gasteiger partial charge is 0.444 e. The molecule has 5 nitrogen and oxygen atoms in total. The minimum atomic E-state index is -0.328. The highest BCUT2D eigenvalue weighted by molar-refractivity contribution is 6.39. The highest BCUT2D eigenvalue weighted by Gasteiger charge is 2.17. The lowest BCUT2D eigenvalue weighted by Crippen LogP contribution is -2.23. The van der Waals surface area contributed by atoms with Crippen molar-refractivity contribution in [3.8, 4) is 0 Å². The van der Waals surface area contributed by atoms with Gasteiger partial charge >= 0.3 is 0 Å². The number of aromatic amines is 1. The third kappa shape index (κ3) is 2.69. The van der Waals surface area contributed by atoms with Crippen LogP contribution in [0.25, 0.3) is 10.9 Å². The van der Waals surface area contributed by atoms with E-state index in [0.717, 1.165) is 17.0 Å². The summed E-state index contributed by atoms with van der Waals surface area (Å²) in [6, 6.07) is 5.23. The Labute approximate surface area is 136 Å². The number of nitrogens with zero attached hydrogens (tertiary/aromatic N) is 1. The van der Waals surface area contributed by atoms with E-state index in [-0.39, 0.29) is 12.5 Å². The highest BCUT2D eigenvalue weighted by Crippen LogP contribution is 2.29. The number of H-pyrrole nitrogens is 1. The molecule has 7 heteroatoms. The second-order valence-electron chi connectivity index (χ2n) is 4.94. The number of aryl methyl sites for hydroxylation is 2. The number of halogens is 2. The molecule has 2 heterocycles. The highest BCUT2D eigenvalue weighted by atomic mass is 35.5. The number of carbonyl (C=O) groups excluding carboxylic acids is 1. The predicted molar refractivity (Wildman–Crippen MR) is 85.5 cm³/mol. The molecule has 0 aliphatic carbocycles. The molecule has 3 aromatic rings. The first-order valence-corrected chi connectivity index (χ1v) is 7.39. The molecule has 0 aliphatic heterocycles. The minimum absolute atomic E-state index is 0.194. The number of rotatable bonds is 3. The Bertz CT molecular complexity index is 848. The van der Waals surface area contributed by atoms with Gasteiger partial charge in [-0.1, -0.05) is 23.2 Å². The molecular weight excluding hydrogens is 325 g/mol. The average molecular weight is 338 g/mol. The van der Waals surface area contributed by atoms with Crippen molar-refractivity contribution in [1.82, 2.24) is 15.3 Å². The van der Waals surface area contributed by atoms with E-state index in [0.29, 0.717) is 27.0 Å². The van der Waals surface area contributed by atoms with Gasteiger partial charge in [-0.15, -0.1) is 0 Å². The van der Waals surface area contributed by atoms with E-state index in [4.69, 9.17) is 27.6 Å². The van der Waals surface area contributed by atoms with E-state index < -0.39 is 0 Å². The Morgan fingerprint density at radius 1 is 1.36 bits per heavy atom. The summed E-state index contributed by atoms with van der Waals surface area (Å²) < 4.78 is 5.42. The zero-order valence-corrected chi connectivity index (χ0v) is 13.5. The first kappa shape index (κ1) is 14.9. The number of hydrogen-bond donors (Lipinski definition) is 2. The molecule has 0 unspecified atom stereocenters. The maximum Gasteiger partial charge on any atom is 0.269 e. The van der Waals surface area contributed by atoms with Gasteiger partial charge in [-0.05, 0) is 32.0 Å². The van der Waals surface area contributed by atoms with E-state index in [9.17, 15) is 4.79 Å². The van der Waals surface area contributed by atoms with Crippen LogP contribution in [0.2, 0.25) is 10.0 Å². The van der Waals surface area contributed by atoms with Crippen molar-refractivity contribution in [3.63, 3.8) is 0 Å². The van der Waals surface area contributed by atoms with Crippen LogP contribution in [0.4, 0.5) is 0 Å². The molecule has 2 aromatic heterocycles. The van der Waals surface area contributed by atoms with E-state index in [1.807, 2.05) is 13.8 Å². The zero-order chi connectivity index (χ0) is 15.9. The summed E-state index contributed by atoms with van der Waals surface area (Å²) in [4.78, 5) is 19.5. The molecule has 0 fully saturated rings. The number of amides is 1. The lowest BCUT2D eigenvalue weighted by molar-refractivity contribution is 0.0943. The summed E-state index contributed by atoms with van der Waals surface area (Å²) >= 11 is 12.2. The van der Waals surface area contributed by atoms with E-state index in [1.54, 1.807) is 18.2 Å². The van der Waals surface area contributed by atoms with Crippen LogP contribution in [-0.4, -0.2) is 15.9 Å². The van der Waals surface area contributed by atoms with Crippen LogP contribution in [0.3, 0.4) is 0 Å². The van der Waals surface area contributed by atoms with Crippen molar-refractivity contribution >= 4 is 40.0 Å². The molecule has 3 rings (SSSR count). The van der Waals surface area contributed by atoms with Crippen molar-refractivity contribution in [3.05, 3.63) is 51.3 Å². The van der Waals surface area contributed by atoms with Gasteiger partial charge in [-0.25, -0.2) is 4.98 Å². The van der Waals surface area contributed by atoms with Crippen LogP contribution in [0.5, 0.6) is 0 Å². The molecule has 1 amide bonds. The number of benzene rings is 1. The van der Waals surface area contributed by atoms with Crippen molar-refractivity contribution in [2.24, 2.45) is 0 Å². The van der Waals surface area contributed by atoms with E-state index >= 15 is 0 Å². The number of fused-ring (bicyclic) bond motifs is 1. The Kier molecular flexibility index (Phi) is 3.85. The molecule has 2 N–H and O–H groups in total. The zero-order valence-electron chi connectivity index (χ0n) is 12.0. The Balaban J connectivity index is 1.81. The standard InChI is InChI=1S/C15H13Cl2N3O2/c1-7-8(2)22-12(19-7)6-18-15(21)14-13(17)10-5-9(16)3-4-11(10)20-14/h3-5,20H,6H2,1-2H3,(H,18,21). The van der Waals surface area contributed by atoms with Gasteiger partial charge in [0.15, 0.2) is 0 Å². The maximum atomic E-state index is 12.3. The smallest absolute Gasteiger partial charge is 0.269 e. The lowest BCUT2D eigenvalue weighted by Gasteiger charge is -2.01. The summed E-state index contributed by atoms with van der Waals surface area (Å²) in [6.45, 7) is 3.87. The van der Waals surface area contributed by atoms with Gasteiger partial charge in [0.2, 0.25) is 5.89 Å². The molecule has 0 aliphatic rings. The fourth-order valence-corrected chi connectivity index (χ4v) is 2.61. The molecule has 1 aromatic carbocycles. The molecule has 0 radical (unpaired) electrons. The molecule has 0 bridgehead atoms. The Morgan fingerprint density at radius 3 is 2.82 bits per heavy atom. The number of hydrogen-bond acceptors (Lipinski definition) is 3. The molecule has 22 heavy (non-hydrogen) atoms. The van der Waals surface area contributed by atoms with Crippen molar-refractivity contribution in [1.29, 1.82) is 0 Å². The van der Waals surface area contributed by atoms with Crippen molar-refractivity contribution in [2.75, 3.05) is 0 Å². The molecule has 0 atom stereocenters. The summed E-state index contributed by atoms with van der Waals surface area (Å²) in [5, 5.41) is 4.34. The molecule has 114 valence electrons. The quantitative estimate of drug-likeness (QED) is 0.758. The summed E-state index contributed by atoms with van der Waals surface area (Å²) in [7, 11) is 0. The minimum Gasteiger partial charge on any atom is -0.444 e. The SMILES string of the molecule is Cc1nc(CNC(=O)c2[nH]c3ccc(Cl)cc3c2Cl)oc1C. The summed E-state index contributed by atoms with van der Waals surface area (Å²) in [5.74, 6) is 0.868. The third-order valence-electron chi connectivity index (χ3n) is 3.40. The van der Waals surface area contributed by atoms with Crippen LogP contribution in [0, 0.1) is 13.8 Å². The second-order valence-corrected chi connectivity index (χ2v) is 5.75. The van der Waals surface area contributed by atoms with E-state index in [2.05, 4.69) is 15.3 Å².